The topological polar surface area (TPSA) is 58.0 Å². The first-order valence-electron chi connectivity index (χ1n) is 8.91. The molecule has 6 nitrogen and oxygen atoms in total. The van der Waals surface area contributed by atoms with Gasteiger partial charge in [0.1, 0.15) is 0 Å². The summed E-state index contributed by atoms with van der Waals surface area (Å²) in [5, 5.41) is 8.70. The van der Waals surface area contributed by atoms with Crippen molar-refractivity contribution in [2.75, 3.05) is 53.6 Å². The van der Waals surface area contributed by atoms with E-state index >= 15 is 0 Å². The van der Waals surface area contributed by atoms with Gasteiger partial charge >= 0.3 is 0 Å². The van der Waals surface area contributed by atoms with E-state index in [1.54, 1.807) is 14.2 Å². The zero-order valence-corrected chi connectivity index (χ0v) is 15.6. The highest BCUT2D eigenvalue weighted by Crippen LogP contribution is 2.39. The molecule has 1 heterocycles. The molecule has 1 aromatic carbocycles. The van der Waals surface area contributed by atoms with Gasteiger partial charge in [0.15, 0.2) is 11.5 Å². The van der Waals surface area contributed by atoms with Crippen LogP contribution in [-0.2, 0) is 6.54 Å². The molecule has 1 aliphatic heterocycles. The van der Waals surface area contributed by atoms with Crippen LogP contribution in [0.4, 0.5) is 0 Å². The summed E-state index contributed by atoms with van der Waals surface area (Å²) in [6, 6.07) is 6.29. The van der Waals surface area contributed by atoms with Crippen LogP contribution < -0.4 is 14.2 Å². The predicted octanol–water partition coefficient (Wildman–Crippen LogP) is 2.52. The Morgan fingerprint density at radius 1 is 1.04 bits per heavy atom. The van der Waals surface area contributed by atoms with Crippen LogP contribution in [-0.4, -0.2) is 63.4 Å². The van der Waals surface area contributed by atoms with Crippen LogP contribution in [0.25, 0.3) is 0 Å². The molecule has 1 aromatic rings. The Morgan fingerprint density at radius 2 is 1.64 bits per heavy atom. The molecule has 0 bridgehead atoms. The minimum absolute atomic E-state index is 0.605. The fourth-order valence-electron chi connectivity index (χ4n) is 3.01. The van der Waals surface area contributed by atoms with Crippen LogP contribution >= 0.6 is 0 Å². The molecule has 1 aliphatic rings. The molecule has 0 amide bonds. The zero-order chi connectivity index (χ0) is 18.1. The quantitative estimate of drug-likeness (QED) is 0.684. The number of nitriles is 1. The number of methoxy groups -OCH3 is 2. The minimum Gasteiger partial charge on any atom is -0.493 e. The second-order valence-corrected chi connectivity index (χ2v) is 6.20. The average Bonchev–Trinajstić information content (AvgIpc) is 2.65. The molecular weight excluding hydrogens is 318 g/mol. The summed E-state index contributed by atoms with van der Waals surface area (Å²) >= 11 is 0. The van der Waals surface area contributed by atoms with Gasteiger partial charge in [-0.3, -0.25) is 9.80 Å². The summed E-state index contributed by atoms with van der Waals surface area (Å²) in [5.74, 6) is 2.11. The summed E-state index contributed by atoms with van der Waals surface area (Å²) in [4.78, 5) is 4.77. The van der Waals surface area contributed by atoms with E-state index < -0.39 is 0 Å². The van der Waals surface area contributed by atoms with Gasteiger partial charge in [-0.1, -0.05) is 6.92 Å². The van der Waals surface area contributed by atoms with Crippen LogP contribution in [0.15, 0.2) is 12.1 Å². The maximum absolute atomic E-state index is 8.70. The Bertz CT molecular complexity index is 553. The molecule has 0 unspecified atom stereocenters. The number of benzene rings is 1. The van der Waals surface area contributed by atoms with Gasteiger partial charge in [0.2, 0.25) is 5.75 Å². The molecule has 0 spiro atoms. The van der Waals surface area contributed by atoms with E-state index in [-0.39, 0.29) is 0 Å². The number of nitrogens with zero attached hydrogens (tertiary/aromatic N) is 3. The number of hydrogen-bond donors (Lipinski definition) is 0. The molecule has 0 N–H and O–H groups in total. The van der Waals surface area contributed by atoms with Crippen LogP contribution in [0.2, 0.25) is 0 Å². The van der Waals surface area contributed by atoms with Gasteiger partial charge in [-0.25, -0.2) is 0 Å². The Balaban J connectivity index is 2.01. The highest BCUT2D eigenvalue weighted by molar-refractivity contribution is 5.53. The summed E-state index contributed by atoms with van der Waals surface area (Å²) in [7, 11) is 3.32. The van der Waals surface area contributed by atoms with Crippen molar-refractivity contribution in [3.05, 3.63) is 17.7 Å². The zero-order valence-electron chi connectivity index (χ0n) is 15.6. The molecule has 138 valence electrons. The highest BCUT2D eigenvalue weighted by atomic mass is 16.5. The molecule has 0 radical (unpaired) electrons. The number of ether oxygens (including phenoxy) is 3. The predicted molar refractivity (Wildman–Crippen MR) is 97.3 cm³/mol. The molecule has 1 saturated heterocycles. The Morgan fingerprint density at radius 3 is 2.16 bits per heavy atom. The molecule has 1 fully saturated rings. The van der Waals surface area contributed by atoms with Crippen molar-refractivity contribution in [3.63, 3.8) is 0 Å². The summed E-state index contributed by atoms with van der Waals surface area (Å²) in [6.07, 6.45) is 1.54. The van der Waals surface area contributed by atoms with Crippen molar-refractivity contribution >= 4 is 0 Å². The second-order valence-electron chi connectivity index (χ2n) is 6.20. The molecule has 0 atom stereocenters. The van der Waals surface area contributed by atoms with E-state index in [4.69, 9.17) is 19.5 Å². The molecule has 0 saturated carbocycles. The standard InChI is InChI=1S/C19H29N3O3/c1-4-12-25-19-17(23-2)13-16(14-18(19)24-3)15-22-10-8-21(9-11-22)7-5-6-20/h13-14H,4-5,7-12,15H2,1-3H3. The normalized spacial score (nSPS) is 15.6. The lowest BCUT2D eigenvalue weighted by molar-refractivity contribution is 0.129. The van der Waals surface area contributed by atoms with Crippen molar-refractivity contribution in [1.29, 1.82) is 5.26 Å². The second kappa shape index (κ2) is 10.1. The van der Waals surface area contributed by atoms with Crippen molar-refractivity contribution in [1.82, 2.24) is 9.80 Å². The SMILES string of the molecule is CCCOc1c(OC)cc(CN2CCN(CCC#N)CC2)cc1OC. The summed E-state index contributed by atoms with van der Waals surface area (Å²) in [5.41, 5.74) is 1.16. The van der Waals surface area contributed by atoms with Gasteiger partial charge in [-0.05, 0) is 24.1 Å². The van der Waals surface area contributed by atoms with E-state index in [2.05, 4.69) is 22.8 Å². The first kappa shape index (κ1) is 19.4. The Labute approximate surface area is 150 Å². The lowest BCUT2D eigenvalue weighted by Gasteiger charge is -2.34. The van der Waals surface area contributed by atoms with Crippen molar-refractivity contribution in [2.45, 2.75) is 26.3 Å². The lowest BCUT2D eigenvalue weighted by atomic mass is 10.1. The molecule has 25 heavy (non-hydrogen) atoms. The van der Waals surface area contributed by atoms with Crippen LogP contribution in [0.1, 0.15) is 25.3 Å². The van der Waals surface area contributed by atoms with Gasteiger partial charge < -0.3 is 14.2 Å². The Hall–Kier alpha value is -1.97. The van der Waals surface area contributed by atoms with Gasteiger partial charge in [0, 0.05) is 45.7 Å². The highest BCUT2D eigenvalue weighted by Gasteiger charge is 2.19. The van der Waals surface area contributed by atoms with Crippen LogP contribution in [0, 0.1) is 11.3 Å². The third-order valence-electron chi connectivity index (χ3n) is 4.38. The minimum atomic E-state index is 0.605. The van der Waals surface area contributed by atoms with E-state index in [0.717, 1.165) is 62.8 Å². The van der Waals surface area contributed by atoms with Crippen molar-refractivity contribution in [3.8, 4) is 23.3 Å². The summed E-state index contributed by atoms with van der Waals surface area (Å²) in [6.45, 7) is 8.46. The first-order chi connectivity index (χ1) is 12.2. The largest absolute Gasteiger partial charge is 0.493 e. The van der Waals surface area contributed by atoms with Crippen LogP contribution in [0.3, 0.4) is 0 Å². The average molecular weight is 347 g/mol. The van der Waals surface area contributed by atoms with E-state index in [0.29, 0.717) is 18.8 Å². The molecule has 2 rings (SSSR count). The number of rotatable bonds is 9. The molecule has 0 aliphatic carbocycles. The maximum atomic E-state index is 8.70. The fraction of sp³-hybridized carbons (Fsp3) is 0.632. The van der Waals surface area contributed by atoms with Gasteiger partial charge in [-0.15, -0.1) is 0 Å². The lowest BCUT2D eigenvalue weighted by Crippen LogP contribution is -2.46. The van der Waals surface area contributed by atoms with E-state index in [1.807, 2.05) is 12.1 Å². The number of piperazine rings is 1. The number of hydrogen-bond acceptors (Lipinski definition) is 6. The third-order valence-corrected chi connectivity index (χ3v) is 4.38. The summed E-state index contributed by atoms with van der Waals surface area (Å²) < 4.78 is 16.8. The third kappa shape index (κ3) is 5.52. The maximum Gasteiger partial charge on any atom is 0.203 e. The van der Waals surface area contributed by atoms with Crippen molar-refractivity contribution in [2.24, 2.45) is 0 Å². The van der Waals surface area contributed by atoms with Gasteiger partial charge in [0.05, 0.1) is 26.9 Å². The molecule has 6 heteroatoms. The van der Waals surface area contributed by atoms with Gasteiger partial charge in [-0.2, -0.15) is 5.26 Å². The molecular formula is C19H29N3O3. The smallest absolute Gasteiger partial charge is 0.203 e. The van der Waals surface area contributed by atoms with E-state index in [9.17, 15) is 0 Å². The van der Waals surface area contributed by atoms with Crippen molar-refractivity contribution < 1.29 is 14.2 Å². The van der Waals surface area contributed by atoms with Gasteiger partial charge in [0.25, 0.3) is 0 Å². The van der Waals surface area contributed by atoms with E-state index in [1.165, 1.54) is 0 Å². The Kier molecular flexibility index (Phi) is 7.83. The van der Waals surface area contributed by atoms with Crippen LogP contribution in [0.5, 0.6) is 17.2 Å². The first-order valence-corrected chi connectivity index (χ1v) is 8.91. The fourth-order valence-corrected chi connectivity index (χ4v) is 3.01. The molecule has 0 aromatic heterocycles. The monoisotopic (exact) mass is 347 g/mol.